The third-order valence-electron chi connectivity index (χ3n) is 5.09. The van der Waals surface area contributed by atoms with Crippen molar-refractivity contribution in [3.63, 3.8) is 0 Å². The molecule has 30 heavy (non-hydrogen) atoms. The van der Waals surface area contributed by atoms with Gasteiger partial charge in [0, 0.05) is 48.8 Å². The van der Waals surface area contributed by atoms with E-state index in [1.54, 1.807) is 19.9 Å². The number of aromatic amines is 1. The summed E-state index contributed by atoms with van der Waals surface area (Å²) >= 11 is 0. The second kappa shape index (κ2) is 8.39. The first-order valence-corrected chi connectivity index (χ1v) is 9.42. The van der Waals surface area contributed by atoms with Crippen molar-refractivity contribution in [3.05, 3.63) is 52.1 Å². The first-order valence-electron chi connectivity index (χ1n) is 9.42. The number of aliphatic hydroxyl groups is 2. The number of fused-ring (bicyclic) bond motifs is 1. The van der Waals surface area contributed by atoms with Crippen LogP contribution in [0.5, 0.6) is 0 Å². The van der Waals surface area contributed by atoms with Crippen LogP contribution in [0.4, 0.5) is 10.1 Å². The number of rotatable bonds is 6. The highest BCUT2D eigenvalue weighted by Gasteiger charge is 2.26. The molecule has 2 heterocycles. The predicted octanol–water partition coefficient (Wildman–Crippen LogP) is 1.29. The van der Waals surface area contributed by atoms with Crippen molar-refractivity contribution in [2.24, 2.45) is 0 Å². The molecule has 8 nitrogen and oxygen atoms in total. The minimum Gasteiger partial charge on any atom is -0.382 e. The Balaban J connectivity index is 1.85. The summed E-state index contributed by atoms with van der Waals surface area (Å²) in [6.07, 6.45) is -0.812. The molecule has 1 aliphatic rings. The fourth-order valence-electron chi connectivity index (χ4n) is 3.50. The van der Waals surface area contributed by atoms with E-state index in [1.165, 1.54) is 37.2 Å². The molecule has 1 aliphatic heterocycles. The zero-order valence-electron chi connectivity index (χ0n) is 17.2. The summed E-state index contributed by atoms with van der Waals surface area (Å²) < 4.78 is 13.6. The fraction of sp³-hybridized carbons (Fsp3) is 0.333. The molecule has 0 saturated carbocycles. The van der Waals surface area contributed by atoms with Gasteiger partial charge in [-0.25, -0.2) is 4.39 Å². The molecule has 1 aromatic carbocycles. The van der Waals surface area contributed by atoms with Crippen molar-refractivity contribution < 1.29 is 24.2 Å². The van der Waals surface area contributed by atoms with E-state index in [0.717, 1.165) is 0 Å². The van der Waals surface area contributed by atoms with Gasteiger partial charge in [0.15, 0.2) is 0 Å². The Bertz CT molecular complexity index is 1030. The molecule has 1 aromatic heterocycles. The highest BCUT2D eigenvalue weighted by Crippen LogP contribution is 2.35. The number of aryl methyl sites for hydroxylation is 1. The monoisotopic (exact) mass is 416 g/mol. The second-order valence-electron chi connectivity index (χ2n) is 7.46. The molecule has 2 aromatic rings. The lowest BCUT2D eigenvalue weighted by Gasteiger charge is -2.19. The number of likely N-dealkylation sites (N-methyl/N-ethyl adjacent to an activating group) is 1. The zero-order chi connectivity index (χ0) is 22.2. The number of hydrogen-bond donors (Lipinski definition) is 5. The molecule has 9 heteroatoms. The van der Waals surface area contributed by atoms with Crippen LogP contribution in [0.1, 0.15) is 34.3 Å². The van der Waals surface area contributed by atoms with E-state index in [1.807, 2.05) is 0 Å². The normalized spacial score (nSPS) is 16.4. The van der Waals surface area contributed by atoms with Gasteiger partial charge in [0.2, 0.25) is 0 Å². The quantitative estimate of drug-likeness (QED) is 0.359. The minimum atomic E-state index is -1.29. The molecule has 0 spiro atoms. The van der Waals surface area contributed by atoms with Gasteiger partial charge in [-0.2, -0.15) is 0 Å². The molecular weight excluding hydrogens is 391 g/mol. The summed E-state index contributed by atoms with van der Waals surface area (Å²) in [6.45, 7) is 3.41. The first-order chi connectivity index (χ1) is 14.1. The van der Waals surface area contributed by atoms with E-state index in [2.05, 4.69) is 15.6 Å². The lowest BCUT2D eigenvalue weighted by atomic mass is 10.0. The van der Waals surface area contributed by atoms with Crippen molar-refractivity contribution in [1.82, 2.24) is 15.2 Å². The molecule has 1 unspecified atom stereocenters. The third kappa shape index (κ3) is 4.13. The number of amides is 2. The third-order valence-corrected chi connectivity index (χ3v) is 5.09. The number of aliphatic hydroxyl groups excluding tert-OH is 2. The number of carbonyl (C=O) groups excluding carboxylic acids is 2. The van der Waals surface area contributed by atoms with Gasteiger partial charge in [0.05, 0.1) is 5.57 Å². The van der Waals surface area contributed by atoms with Gasteiger partial charge in [-0.3, -0.25) is 14.9 Å². The molecule has 3 rings (SSSR count). The molecule has 2 atom stereocenters. The maximum absolute atomic E-state index is 13.6. The van der Waals surface area contributed by atoms with Crippen LogP contribution >= 0.6 is 0 Å². The van der Waals surface area contributed by atoms with Crippen molar-refractivity contribution in [2.75, 3.05) is 26.0 Å². The maximum atomic E-state index is 13.6. The van der Waals surface area contributed by atoms with E-state index in [9.17, 15) is 24.2 Å². The Labute approximate surface area is 173 Å². The van der Waals surface area contributed by atoms with E-state index < -0.39 is 24.1 Å². The molecule has 5 N–H and O–H groups in total. The second-order valence-corrected chi connectivity index (χ2v) is 7.46. The molecule has 0 aliphatic carbocycles. The highest BCUT2D eigenvalue weighted by atomic mass is 19.1. The Morgan fingerprint density at radius 2 is 2.00 bits per heavy atom. The van der Waals surface area contributed by atoms with Crippen LogP contribution in [0.2, 0.25) is 0 Å². The largest absolute Gasteiger partial charge is 0.382 e. The molecule has 0 bridgehead atoms. The van der Waals surface area contributed by atoms with Gasteiger partial charge in [-0.05, 0) is 43.7 Å². The Morgan fingerprint density at radius 3 is 2.67 bits per heavy atom. The van der Waals surface area contributed by atoms with Crippen LogP contribution < -0.4 is 10.6 Å². The number of anilines is 1. The average molecular weight is 416 g/mol. The number of nitrogens with zero attached hydrogens (tertiary/aromatic N) is 1. The number of halogens is 1. The summed E-state index contributed by atoms with van der Waals surface area (Å²) in [6, 6.07) is 4.09. The van der Waals surface area contributed by atoms with Crippen molar-refractivity contribution in [1.29, 1.82) is 0 Å². The first kappa shape index (κ1) is 21.7. The summed E-state index contributed by atoms with van der Waals surface area (Å²) in [5, 5.41) is 25.9. The van der Waals surface area contributed by atoms with Crippen LogP contribution in [-0.4, -0.2) is 58.7 Å². The number of benzene rings is 1. The summed E-state index contributed by atoms with van der Waals surface area (Å²) in [5.41, 5.74) is 3.80. The molecule has 0 fully saturated rings. The number of carbonyl (C=O) groups is 2. The lowest BCUT2D eigenvalue weighted by molar-refractivity contribution is -0.137. The Morgan fingerprint density at radius 1 is 1.30 bits per heavy atom. The molecular formula is C21H25FN4O4. The molecule has 0 saturated heterocycles. The highest BCUT2D eigenvalue weighted by molar-refractivity contribution is 6.34. The lowest BCUT2D eigenvalue weighted by Crippen LogP contribution is -2.41. The topological polar surface area (TPSA) is 118 Å². The smallest absolute Gasteiger partial charge is 0.256 e. The Kier molecular flexibility index (Phi) is 6.06. The maximum Gasteiger partial charge on any atom is 0.256 e. The zero-order valence-corrected chi connectivity index (χ0v) is 17.2. The van der Waals surface area contributed by atoms with Crippen molar-refractivity contribution >= 4 is 29.2 Å². The summed E-state index contributed by atoms with van der Waals surface area (Å²) in [4.78, 5) is 28.5. The van der Waals surface area contributed by atoms with Gasteiger partial charge < -0.3 is 25.4 Å². The number of hydrogen-bond acceptors (Lipinski definition) is 5. The predicted molar refractivity (Wildman–Crippen MR) is 111 cm³/mol. The SMILES string of the molecule is Cc1[nH]c(/C=C2\C(=O)Nc3ccc(F)cc32)c(C)c1C(O)NC[C@@H](O)C(=O)N(C)C. The number of H-pyrrole nitrogens is 1. The van der Waals surface area contributed by atoms with Gasteiger partial charge in [-0.1, -0.05) is 0 Å². The van der Waals surface area contributed by atoms with Crippen LogP contribution in [0.3, 0.4) is 0 Å². The minimum absolute atomic E-state index is 0.131. The summed E-state index contributed by atoms with van der Waals surface area (Å²) in [5.74, 6) is -1.25. The van der Waals surface area contributed by atoms with Gasteiger partial charge >= 0.3 is 0 Å². The van der Waals surface area contributed by atoms with E-state index in [-0.39, 0.29) is 12.5 Å². The van der Waals surface area contributed by atoms with Gasteiger partial charge in [-0.15, -0.1) is 0 Å². The Hall–Kier alpha value is -3.01. The summed E-state index contributed by atoms with van der Waals surface area (Å²) in [7, 11) is 3.07. The van der Waals surface area contributed by atoms with Crippen LogP contribution in [-0.2, 0) is 9.59 Å². The number of nitrogens with one attached hydrogen (secondary N) is 3. The van der Waals surface area contributed by atoms with Gasteiger partial charge in [0.1, 0.15) is 18.1 Å². The standard InChI is InChI=1S/C21H25FN4O4/c1-10-16(8-14-13-7-12(22)5-6-15(13)25-19(14)28)24-11(2)18(10)20(29)23-9-17(27)21(30)26(3)4/h5-8,17,20,23-24,27,29H,9H2,1-4H3,(H,25,28)/b14-8-/t17-,20?/m1/s1. The van der Waals surface area contributed by atoms with Crippen LogP contribution in [0.15, 0.2) is 18.2 Å². The molecule has 0 radical (unpaired) electrons. The average Bonchev–Trinajstić information content (AvgIpc) is 3.14. The fourth-order valence-corrected chi connectivity index (χ4v) is 3.50. The van der Waals surface area contributed by atoms with E-state index in [4.69, 9.17) is 0 Å². The van der Waals surface area contributed by atoms with Crippen molar-refractivity contribution in [2.45, 2.75) is 26.2 Å². The van der Waals surface area contributed by atoms with Crippen LogP contribution in [0.25, 0.3) is 11.6 Å². The number of aromatic nitrogens is 1. The van der Waals surface area contributed by atoms with Gasteiger partial charge in [0.25, 0.3) is 11.8 Å². The van der Waals surface area contributed by atoms with E-state index in [0.29, 0.717) is 39.3 Å². The molecule has 160 valence electrons. The van der Waals surface area contributed by atoms with Crippen molar-refractivity contribution in [3.8, 4) is 0 Å². The molecule has 2 amide bonds. The van der Waals surface area contributed by atoms with Crippen LogP contribution in [0, 0.1) is 19.7 Å². The van der Waals surface area contributed by atoms with E-state index >= 15 is 0 Å².